The van der Waals surface area contributed by atoms with Gasteiger partial charge in [-0.2, -0.15) is 0 Å². The van der Waals surface area contributed by atoms with Crippen LogP contribution in [0.4, 0.5) is 4.79 Å². The van der Waals surface area contributed by atoms with Crippen LogP contribution in [0.5, 0.6) is 0 Å². The van der Waals surface area contributed by atoms with Crippen LogP contribution in [0.25, 0.3) is 0 Å². The summed E-state index contributed by atoms with van der Waals surface area (Å²) in [6.45, 7) is 1.46. The van der Waals surface area contributed by atoms with E-state index in [2.05, 4.69) is 5.32 Å². The molecule has 3 aliphatic rings. The first-order valence-electron chi connectivity index (χ1n) is 8.41. The number of benzene rings is 1. The lowest BCUT2D eigenvalue weighted by atomic mass is 10.1. The Morgan fingerprint density at radius 3 is 2.72 bits per heavy atom. The molecule has 4 amide bonds. The molecule has 0 bridgehead atoms. The number of amides is 4. The Morgan fingerprint density at radius 2 is 2.00 bits per heavy atom. The zero-order chi connectivity index (χ0) is 17.4. The summed E-state index contributed by atoms with van der Waals surface area (Å²) in [5, 5.41) is 3.17. The van der Waals surface area contributed by atoms with Crippen LogP contribution in [-0.2, 0) is 16.1 Å². The number of urea groups is 1. The summed E-state index contributed by atoms with van der Waals surface area (Å²) >= 11 is 1.70. The van der Waals surface area contributed by atoms with Crippen molar-refractivity contribution in [1.82, 2.24) is 20.0 Å². The largest absolute Gasteiger partial charge is 0.337 e. The van der Waals surface area contributed by atoms with E-state index in [0.717, 1.165) is 17.2 Å². The van der Waals surface area contributed by atoms with Crippen LogP contribution in [-0.4, -0.2) is 75.9 Å². The number of rotatable bonds is 3. The van der Waals surface area contributed by atoms with E-state index in [9.17, 15) is 14.4 Å². The van der Waals surface area contributed by atoms with Gasteiger partial charge in [0.1, 0.15) is 6.04 Å². The number of piperazine rings is 1. The van der Waals surface area contributed by atoms with Crippen molar-refractivity contribution in [2.45, 2.75) is 18.6 Å². The van der Waals surface area contributed by atoms with E-state index < -0.39 is 6.04 Å². The van der Waals surface area contributed by atoms with Gasteiger partial charge in [0, 0.05) is 24.7 Å². The van der Waals surface area contributed by atoms with Crippen molar-refractivity contribution in [3.8, 4) is 0 Å². The van der Waals surface area contributed by atoms with Gasteiger partial charge in [0.05, 0.1) is 19.1 Å². The predicted octanol–water partition coefficient (Wildman–Crippen LogP) is 0.324. The lowest BCUT2D eigenvalue weighted by Gasteiger charge is -2.36. The molecule has 4 rings (SSSR count). The van der Waals surface area contributed by atoms with Crippen LogP contribution in [0.2, 0.25) is 0 Å². The molecule has 25 heavy (non-hydrogen) atoms. The fourth-order valence-electron chi connectivity index (χ4n) is 3.54. The molecule has 3 saturated heterocycles. The van der Waals surface area contributed by atoms with Crippen molar-refractivity contribution < 1.29 is 14.4 Å². The Kier molecular flexibility index (Phi) is 4.39. The first kappa shape index (κ1) is 16.4. The summed E-state index contributed by atoms with van der Waals surface area (Å²) in [6, 6.07) is 8.50. The van der Waals surface area contributed by atoms with Crippen LogP contribution in [0.15, 0.2) is 30.3 Å². The SMILES string of the molecule is O=C([C@@H]1CSCN1)N1CCN2C(=O)N(Cc3ccccc3)C(=O)[C@H]2C1. The molecule has 0 saturated carbocycles. The van der Waals surface area contributed by atoms with Gasteiger partial charge >= 0.3 is 6.03 Å². The van der Waals surface area contributed by atoms with Crippen molar-refractivity contribution in [2.75, 3.05) is 31.3 Å². The molecular formula is C17H20N4O3S. The van der Waals surface area contributed by atoms with Crippen LogP contribution >= 0.6 is 11.8 Å². The fraction of sp³-hybridized carbons (Fsp3) is 0.471. The molecule has 0 radical (unpaired) electrons. The Labute approximate surface area is 150 Å². The molecule has 1 N–H and O–H groups in total. The molecule has 8 heteroatoms. The third-order valence-electron chi connectivity index (χ3n) is 4.92. The van der Waals surface area contributed by atoms with E-state index in [1.165, 1.54) is 4.90 Å². The van der Waals surface area contributed by atoms with Crippen molar-refractivity contribution in [2.24, 2.45) is 0 Å². The first-order valence-corrected chi connectivity index (χ1v) is 9.56. The van der Waals surface area contributed by atoms with Crippen molar-refractivity contribution in [3.05, 3.63) is 35.9 Å². The topological polar surface area (TPSA) is 73.0 Å². The molecule has 1 aromatic carbocycles. The quantitative estimate of drug-likeness (QED) is 0.786. The van der Waals surface area contributed by atoms with Gasteiger partial charge in [0.2, 0.25) is 5.91 Å². The molecule has 3 aliphatic heterocycles. The number of fused-ring (bicyclic) bond motifs is 1. The molecule has 0 unspecified atom stereocenters. The predicted molar refractivity (Wildman–Crippen MR) is 93.7 cm³/mol. The Bertz CT molecular complexity index is 692. The van der Waals surface area contributed by atoms with Crippen molar-refractivity contribution in [1.29, 1.82) is 0 Å². The molecule has 2 atom stereocenters. The standard InChI is InChI=1S/C17H20N4O3S/c22-15(13-10-25-11-18-13)19-6-7-20-14(9-19)16(23)21(17(20)24)8-12-4-2-1-3-5-12/h1-5,13-14,18H,6-11H2/t13-,14+/m0/s1. The molecular weight excluding hydrogens is 340 g/mol. The summed E-state index contributed by atoms with van der Waals surface area (Å²) in [6.07, 6.45) is 0. The van der Waals surface area contributed by atoms with Crippen molar-refractivity contribution in [3.63, 3.8) is 0 Å². The molecule has 7 nitrogen and oxygen atoms in total. The minimum absolute atomic E-state index is 0.0337. The highest BCUT2D eigenvalue weighted by Gasteiger charge is 2.48. The second kappa shape index (κ2) is 6.68. The van der Waals surface area contributed by atoms with Crippen LogP contribution < -0.4 is 5.32 Å². The summed E-state index contributed by atoms with van der Waals surface area (Å²) in [7, 11) is 0. The number of carbonyl (C=O) groups is 3. The molecule has 1 aromatic rings. The zero-order valence-corrected chi connectivity index (χ0v) is 14.6. The number of imide groups is 1. The van der Waals surface area contributed by atoms with E-state index >= 15 is 0 Å². The summed E-state index contributed by atoms with van der Waals surface area (Å²) < 4.78 is 0. The first-order chi connectivity index (χ1) is 12.1. The highest BCUT2D eigenvalue weighted by molar-refractivity contribution is 7.99. The van der Waals surface area contributed by atoms with Gasteiger partial charge in [-0.1, -0.05) is 30.3 Å². The highest BCUT2D eigenvalue weighted by Crippen LogP contribution is 2.25. The van der Waals surface area contributed by atoms with Gasteiger partial charge in [-0.25, -0.2) is 4.79 Å². The minimum Gasteiger partial charge on any atom is -0.337 e. The maximum atomic E-state index is 12.7. The monoisotopic (exact) mass is 360 g/mol. The number of nitrogens with one attached hydrogen (secondary N) is 1. The molecule has 0 aromatic heterocycles. The number of nitrogens with zero attached hydrogens (tertiary/aromatic N) is 3. The summed E-state index contributed by atoms with van der Waals surface area (Å²) in [5.74, 6) is 1.37. The number of thioether (sulfide) groups is 1. The van der Waals surface area contributed by atoms with E-state index in [0.29, 0.717) is 13.1 Å². The zero-order valence-electron chi connectivity index (χ0n) is 13.8. The maximum absolute atomic E-state index is 12.7. The Balaban J connectivity index is 1.46. The van der Waals surface area contributed by atoms with Gasteiger partial charge in [-0.3, -0.25) is 19.8 Å². The number of hydrogen-bond donors (Lipinski definition) is 1. The lowest BCUT2D eigenvalue weighted by Crippen LogP contribution is -2.57. The maximum Gasteiger partial charge on any atom is 0.327 e. The van der Waals surface area contributed by atoms with Gasteiger partial charge in [-0.05, 0) is 5.56 Å². The normalized spacial score (nSPS) is 26.3. The summed E-state index contributed by atoms with van der Waals surface area (Å²) in [5.41, 5.74) is 0.921. The third kappa shape index (κ3) is 3.00. The molecule has 3 fully saturated rings. The van der Waals surface area contributed by atoms with Crippen LogP contribution in [0.3, 0.4) is 0 Å². The Morgan fingerprint density at radius 1 is 1.20 bits per heavy atom. The molecule has 0 aliphatic carbocycles. The van der Waals surface area contributed by atoms with Crippen LogP contribution in [0.1, 0.15) is 5.56 Å². The number of carbonyl (C=O) groups excluding carboxylic acids is 3. The Hall–Kier alpha value is -2.06. The smallest absolute Gasteiger partial charge is 0.327 e. The highest BCUT2D eigenvalue weighted by atomic mass is 32.2. The minimum atomic E-state index is -0.553. The van der Waals surface area contributed by atoms with Gasteiger partial charge in [0.25, 0.3) is 5.91 Å². The third-order valence-corrected chi connectivity index (χ3v) is 5.86. The van der Waals surface area contributed by atoms with E-state index in [-0.39, 0.29) is 37.0 Å². The average Bonchev–Trinajstić information content (AvgIpc) is 3.26. The fourth-order valence-corrected chi connectivity index (χ4v) is 4.47. The van der Waals surface area contributed by atoms with Gasteiger partial charge in [-0.15, -0.1) is 11.8 Å². The van der Waals surface area contributed by atoms with E-state index in [4.69, 9.17) is 0 Å². The average molecular weight is 360 g/mol. The van der Waals surface area contributed by atoms with Gasteiger partial charge in [0.15, 0.2) is 0 Å². The summed E-state index contributed by atoms with van der Waals surface area (Å²) in [4.78, 5) is 42.6. The van der Waals surface area contributed by atoms with Crippen molar-refractivity contribution >= 4 is 29.6 Å². The second-order valence-electron chi connectivity index (χ2n) is 6.46. The molecule has 3 heterocycles. The van der Waals surface area contributed by atoms with E-state index in [1.807, 2.05) is 30.3 Å². The molecule has 0 spiro atoms. The second-order valence-corrected chi connectivity index (χ2v) is 7.49. The lowest BCUT2D eigenvalue weighted by molar-refractivity contribution is -0.137. The van der Waals surface area contributed by atoms with Crippen LogP contribution in [0, 0.1) is 0 Å². The molecule has 132 valence electrons. The van der Waals surface area contributed by atoms with Gasteiger partial charge < -0.3 is 9.80 Å². The number of hydrogen-bond acceptors (Lipinski definition) is 5. The van der Waals surface area contributed by atoms with E-state index in [1.54, 1.807) is 21.6 Å².